The van der Waals surface area contributed by atoms with E-state index in [0.29, 0.717) is 30.7 Å². The molecule has 35 heteroatoms. The van der Waals surface area contributed by atoms with Gasteiger partial charge in [0.1, 0.15) is 72.2 Å². The fourth-order valence-corrected chi connectivity index (χ4v) is 8.23. The van der Waals surface area contributed by atoms with Crippen LogP contribution in [0.4, 0.5) is 0 Å². The van der Waals surface area contributed by atoms with Crippen LogP contribution in [0.15, 0.2) is 12.4 Å². The van der Waals surface area contributed by atoms with E-state index in [2.05, 4.69) is 63.2 Å². The molecule has 0 saturated carbocycles. The average molecular weight is 1160 g/mol. The number of rotatable bonds is 34. The standard InChI is InChI=1S/C46H76N16O19/c1-24(65)52-29(8-10-33(68)49-17-27-20-61(59-57-27)13-15-78-45-37(53-25(2)66)41(74)39(72)31(22-63)80-45)44(77)51-19-36(71)55-30(43(76)48-12-6-4-5-7-35(70)56-47)9-11-34(69)50-18-28-21-62(60-58-28)14-16-79-46-38(54-26(3)67)42(75)40(73)32(23-64)81-46/h20-21,29-32,37-42,45-46,63-64,72-75H,4-19,22-23,47H2,1-3H3,(H,48,76)(H,49,68)(H,50,69)(H,51,77)(H,52,65)(H,53,66)(H,54,67)(H,55,71)(H,56,70)/t29?,30?,31-,32-,37-,38-,39-,40-,41-,42-,45-,46-/m1/s1. The molecule has 0 aliphatic carbocycles. The SMILES string of the molecule is CC(=O)NC(CCC(=O)NCc1cn(CCO[C@@H]2O[C@H](CO)[C@@H](O)[C@H](O)[C@H]2NC(C)=O)nn1)C(=O)NCC(=O)NC(CCC(=O)NCc1cn(CCO[C@@H]2O[C@H](CO)[C@@H](O)[C@H](O)[C@H]2NC(C)=O)nn1)C(=O)NCCCCCC(=O)NN. The van der Waals surface area contributed by atoms with E-state index in [0.717, 1.165) is 6.92 Å². The van der Waals surface area contributed by atoms with Crippen molar-refractivity contribution in [2.75, 3.05) is 39.5 Å². The summed E-state index contributed by atoms with van der Waals surface area (Å²) in [5.74, 6) is -0.245. The molecular formula is C46H76N16O19. The van der Waals surface area contributed by atoms with Crippen LogP contribution in [0, 0.1) is 0 Å². The molecule has 81 heavy (non-hydrogen) atoms. The summed E-state index contributed by atoms with van der Waals surface area (Å²) in [6, 6.07) is -4.82. The van der Waals surface area contributed by atoms with Gasteiger partial charge in [0.25, 0.3) is 0 Å². The number of hydrogen-bond acceptors (Lipinski definition) is 24. The van der Waals surface area contributed by atoms with Gasteiger partial charge < -0.3 is 92.1 Å². The quantitative estimate of drug-likeness (QED) is 0.0134. The first kappa shape index (κ1) is 66.6. The van der Waals surface area contributed by atoms with E-state index >= 15 is 0 Å². The fourth-order valence-electron chi connectivity index (χ4n) is 8.23. The van der Waals surface area contributed by atoms with E-state index in [1.54, 1.807) is 0 Å². The summed E-state index contributed by atoms with van der Waals surface area (Å²) in [5.41, 5.74) is 2.69. The Bertz CT molecular complexity index is 2380. The van der Waals surface area contributed by atoms with E-state index < -0.39 is 140 Å². The molecule has 0 bridgehead atoms. The summed E-state index contributed by atoms with van der Waals surface area (Å²) in [7, 11) is 0. The Labute approximate surface area is 463 Å². The lowest BCUT2D eigenvalue weighted by Gasteiger charge is -2.42. The second kappa shape index (κ2) is 34.4. The minimum absolute atomic E-state index is 0.0716. The van der Waals surface area contributed by atoms with Gasteiger partial charge in [-0.1, -0.05) is 16.8 Å². The summed E-state index contributed by atoms with van der Waals surface area (Å²) in [5, 5.41) is 96.7. The number of aliphatic hydroxyl groups excluding tert-OH is 6. The first-order chi connectivity index (χ1) is 38.6. The highest BCUT2D eigenvalue weighted by molar-refractivity contribution is 5.93. The lowest BCUT2D eigenvalue weighted by Crippen LogP contribution is -2.64. The van der Waals surface area contributed by atoms with Crippen molar-refractivity contribution in [3.05, 3.63) is 23.8 Å². The highest BCUT2D eigenvalue weighted by Gasteiger charge is 2.46. The summed E-state index contributed by atoms with van der Waals surface area (Å²) in [4.78, 5) is 113. The number of amides is 9. The molecule has 4 heterocycles. The number of aromatic nitrogens is 6. The first-order valence-electron chi connectivity index (χ1n) is 26.1. The molecule has 2 unspecified atom stereocenters. The van der Waals surface area contributed by atoms with Crippen LogP contribution in [0.5, 0.6) is 0 Å². The maximum absolute atomic E-state index is 13.4. The van der Waals surface area contributed by atoms with Crippen LogP contribution in [0.25, 0.3) is 0 Å². The molecule has 9 amide bonds. The molecular weight excluding hydrogens is 1080 g/mol. The summed E-state index contributed by atoms with van der Waals surface area (Å²) in [6.45, 7) is 1.68. The van der Waals surface area contributed by atoms with E-state index in [4.69, 9.17) is 24.8 Å². The smallest absolute Gasteiger partial charge is 0.243 e. The topological polar surface area (TPSA) is 508 Å². The number of ether oxygens (including phenoxy) is 4. The molecule has 2 aromatic heterocycles. The average Bonchev–Trinajstić information content (AvgIpc) is 4.15. The van der Waals surface area contributed by atoms with Gasteiger partial charge in [-0.15, -0.1) is 10.2 Å². The van der Waals surface area contributed by atoms with Gasteiger partial charge >= 0.3 is 0 Å². The molecule has 454 valence electrons. The lowest BCUT2D eigenvalue weighted by molar-refractivity contribution is -0.270. The van der Waals surface area contributed by atoms with Gasteiger partial charge in [0.15, 0.2) is 12.6 Å². The Kier molecular flexibility index (Phi) is 28.3. The third-order valence-corrected chi connectivity index (χ3v) is 12.4. The number of nitrogens with two attached hydrogens (primary N) is 1. The van der Waals surface area contributed by atoms with Gasteiger partial charge in [-0.25, -0.2) is 15.2 Å². The van der Waals surface area contributed by atoms with Crippen molar-refractivity contribution in [3.8, 4) is 0 Å². The van der Waals surface area contributed by atoms with Crippen LogP contribution in [0.3, 0.4) is 0 Å². The Hall–Kier alpha value is -6.93. The van der Waals surface area contributed by atoms with Crippen molar-refractivity contribution in [2.24, 2.45) is 5.84 Å². The maximum Gasteiger partial charge on any atom is 0.243 e. The van der Waals surface area contributed by atoms with Crippen LogP contribution >= 0.6 is 0 Å². The fraction of sp³-hybridized carbons (Fsp3) is 0.717. The van der Waals surface area contributed by atoms with Crippen molar-refractivity contribution in [3.63, 3.8) is 0 Å². The van der Waals surface area contributed by atoms with Crippen molar-refractivity contribution in [1.29, 1.82) is 0 Å². The number of hydrogen-bond donors (Lipinski definition) is 16. The van der Waals surface area contributed by atoms with Crippen molar-refractivity contribution < 1.29 is 92.7 Å². The maximum atomic E-state index is 13.4. The molecule has 2 aliphatic heterocycles. The van der Waals surface area contributed by atoms with Crippen LogP contribution in [-0.2, 0) is 88.3 Å². The lowest BCUT2D eigenvalue weighted by atomic mass is 9.97. The molecule has 2 aliphatic rings. The molecule has 17 N–H and O–H groups in total. The molecule has 0 spiro atoms. The van der Waals surface area contributed by atoms with Crippen molar-refractivity contribution in [1.82, 2.24) is 77.9 Å². The normalized spacial score (nSPS) is 23.2. The molecule has 4 rings (SSSR count). The minimum Gasteiger partial charge on any atom is -0.394 e. The van der Waals surface area contributed by atoms with Crippen LogP contribution < -0.4 is 53.8 Å². The van der Waals surface area contributed by atoms with Crippen LogP contribution in [-0.4, -0.2) is 227 Å². The summed E-state index contributed by atoms with van der Waals surface area (Å²) < 4.78 is 25.2. The van der Waals surface area contributed by atoms with Crippen LogP contribution in [0.2, 0.25) is 0 Å². The van der Waals surface area contributed by atoms with Crippen LogP contribution in [0.1, 0.15) is 83.5 Å². The molecule has 35 nitrogen and oxygen atoms in total. The molecule has 2 saturated heterocycles. The predicted molar refractivity (Wildman–Crippen MR) is 271 cm³/mol. The first-order valence-corrected chi connectivity index (χ1v) is 26.1. The predicted octanol–water partition coefficient (Wildman–Crippen LogP) is -8.94. The number of nitrogens with zero attached hydrogens (tertiary/aromatic N) is 6. The zero-order valence-corrected chi connectivity index (χ0v) is 45.1. The third-order valence-electron chi connectivity index (χ3n) is 12.4. The van der Waals surface area contributed by atoms with Crippen molar-refractivity contribution in [2.45, 2.75) is 172 Å². The van der Waals surface area contributed by atoms with E-state index in [9.17, 15) is 73.8 Å². The molecule has 0 aromatic carbocycles. The number of carbonyl (C=O) groups is 9. The van der Waals surface area contributed by atoms with E-state index in [1.807, 2.05) is 5.43 Å². The van der Waals surface area contributed by atoms with Gasteiger partial charge in [0, 0.05) is 46.6 Å². The minimum atomic E-state index is -1.50. The number of unbranched alkanes of at least 4 members (excludes halogenated alkanes) is 2. The molecule has 2 fully saturated rings. The Morgan fingerprint density at radius 3 is 1.51 bits per heavy atom. The Morgan fingerprint density at radius 1 is 0.593 bits per heavy atom. The third kappa shape index (κ3) is 22.9. The number of carbonyl (C=O) groups excluding carboxylic acids is 9. The van der Waals surface area contributed by atoms with Gasteiger partial charge in [-0.2, -0.15) is 0 Å². The van der Waals surface area contributed by atoms with E-state index in [1.165, 1.54) is 35.6 Å². The van der Waals surface area contributed by atoms with E-state index in [-0.39, 0.29) is 83.9 Å². The largest absolute Gasteiger partial charge is 0.394 e. The Morgan fingerprint density at radius 2 is 1.06 bits per heavy atom. The zero-order chi connectivity index (χ0) is 59.6. The number of hydrazine groups is 1. The summed E-state index contributed by atoms with van der Waals surface area (Å²) in [6.07, 6.45) is -6.98. The monoisotopic (exact) mass is 1160 g/mol. The van der Waals surface area contributed by atoms with Gasteiger partial charge in [0.2, 0.25) is 53.2 Å². The highest BCUT2D eigenvalue weighted by atomic mass is 16.7. The number of aliphatic hydroxyl groups is 6. The number of nitrogens with one attached hydrogen (secondary N) is 9. The van der Waals surface area contributed by atoms with Gasteiger partial charge in [0.05, 0.1) is 71.5 Å². The van der Waals surface area contributed by atoms with Gasteiger partial charge in [-0.3, -0.25) is 48.6 Å². The highest BCUT2D eigenvalue weighted by Crippen LogP contribution is 2.24. The molecule has 2 aromatic rings. The molecule has 0 radical (unpaired) electrons. The Balaban J connectivity index is 1.24. The summed E-state index contributed by atoms with van der Waals surface area (Å²) >= 11 is 0. The van der Waals surface area contributed by atoms with Gasteiger partial charge in [-0.05, 0) is 25.7 Å². The van der Waals surface area contributed by atoms with Crippen molar-refractivity contribution >= 4 is 53.2 Å². The molecule has 12 atom stereocenters. The second-order valence-corrected chi connectivity index (χ2v) is 18.9. The second-order valence-electron chi connectivity index (χ2n) is 18.9. The zero-order valence-electron chi connectivity index (χ0n) is 45.1.